The highest BCUT2D eigenvalue weighted by Gasteiger charge is 2.11. The van der Waals surface area contributed by atoms with Gasteiger partial charge in [-0.15, -0.1) is 0 Å². The van der Waals surface area contributed by atoms with Crippen molar-refractivity contribution in [1.29, 1.82) is 0 Å². The first-order valence-corrected chi connectivity index (χ1v) is 8.57. The van der Waals surface area contributed by atoms with Crippen molar-refractivity contribution in [2.75, 3.05) is 0 Å². The third kappa shape index (κ3) is 2.88. The van der Waals surface area contributed by atoms with Crippen molar-refractivity contribution < 1.29 is 4.79 Å². The quantitative estimate of drug-likeness (QED) is 0.590. The van der Waals surface area contributed by atoms with E-state index in [1.807, 2.05) is 60.2 Å². The molecule has 0 aliphatic carbocycles. The minimum Gasteiger partial charge on any atom is -0.358 e. The average molecular weight is 344 g/mol. The number of H-pyrrole nitrogens is 1. The average Bonchev–Trinajstić information content (AvgIpc) is 3.29. The lowest BCUT2D eigenvalue weighted by molar-refractivity contribution is 0.0951. The molecule has 5 heteroatoms. The summed E-state index contributed by atoms with van der Waals surface area (Å²) in [6, 6.07) is 13.7. The molecule has 0 unspecified atom stereocenters. The maximum Gasteiger partial charge on any atom is 0.251 e. The predicted octanol–water partition coefficient (Wildman–Crippen LogP) is 3.90. The molecule has 0 saturated carbocycles. The Labute approximate surface area is 151 Å². The maximum atomic E-state index is 12.6. The summed E-state index contributed by atoms with van der Waals surface area (Å²) in [6.45, 7) is 4.57. The number of amides is 1. The molecule has 0 bridgehead atoms. The van der Waals surface area contributed by atoms with Gasteiger partial charge in [0.2, 0.25) is 0 Å². The van der Waals surface area contributed by atoms with Crippen molar-refractivity contribution in [3.8, 4) is 5.69 Å². The van der Waals surface area contributed by atoms with E-state index >= 15 is 0 Å². The van der Waals surface area contributed by atoms with Gasteiger partial charge in [0.25, 0.3) is 5.91 Å². The summed E-state index contributed by atoms with van der Waals surface area (Å²) in [7, 11) is 0. The molecule has 0 aliphatic heterocycles. The number of aromatic nitrogens is 3. The van der Waals surface area contributed by atoms with Gasteiger partial charge < -0.3 is 14.9 Å². The van der Waals surface area contributed by atoms with Crippen molar-refractivity contribution >= 4 is 16.8 Å². The molecule has 0 aliphatic rings. The number of para-hydroxylation sites is 1. The van der Waals surface area contributed by atoms with Gasteiger partial charge in [-0.2, -0.15) is 0 Å². The van der Waals surface area contributed by atoms with Crippen LogP contribution in [0.15, 0.2) is 61.2 Å². The van der Waals surface area contributed by atoms with Crippen LogP contribution in [0.3, 0.4) is 0 Å². The van der Waals surface area contributed by atoms with Gasteiger partial charge in [0.05, 0.1) is 12.0 Å². The largest absolute Gasteiger partial charge is 0.358 e. The van der Waals surface area contributed by atoms with E-state index in [0.29, 0.717) is 12.1 Å². The van der Waals surface area contributed by atoms with Gasteiger partial charge in [0.15, 0.2) is 0 Å². The first-order chi connectivity index (χ1) is 12.6. The fraction of sp³-hybridized carbons (Fsp3) is 0.143. The Morgan fingerprint density at radius 3 is 2.85 bits per heavy atom. The Morgan fingerprint density at radius 2 is 2.04 bits per heavy atom. The molecule has 0 saturated heterocycles. The standard InChI is InChI=1S/C21H20N4O/c1-14-15(2)24-19-8-7-16(11-18(14)19)21(26)23-12-17-5-3-4-6-20(17)25-10-9-22-13-25/h3-11,13,24H,12H2,1-2H3,(H,23,26). The molecule has 2 aromatic heterocycles. The highest BCUT2D eigenvalue weighted by atomic mass is 16.1. The minimum atomic E-state index is -0.0782. The van der Waals surface area contributed by atoms with Crippen LogP contribution in [-0.2, 0) is 6.54 Å². The summed E-state index contributed by atoms with van der Waals surface area (Å²) in [6.07, 6.45) is 5.39. The first-order valence-electron chi connectivity index (χ1n) is 8.57. The smallest absolute Gasteiger partial charge is 0.251 e. The van der Waals surface area contributed by atoms with Gasteiger partial charge in [0.1, 0.15) is 0 Å². The van der Waals surface area contributed by atoms with E-state index in [-0.39, 0.29) is 5.91 Å². The molecule has 5 nitrogen and oxygen atoms in total. The SMILES string of the molecule is Cc1[nH]c2ccc(C(=O)NCc3ccccc3-n3ccnc3)cc2c1C. The number of carbonyl (C=O) groups excluding carboxylic acids is 1. The third-order valence-electron chi connectivity index (χ3n) is 4.78. The summed E-state index contributed by atoms with van der Waals surface area (Å²) in [5.41, 5.74) is 6.08. The van der Waals surface area contributed by atoms with Crippen molar-refractivity contribution in [2.45, 2.75) is 20.4 Å². The topological polar surface area (TPSA) is 62.7 Å². The van der Waals surface area contributed by atoms with Crippen LogP contribution in [0.2, 0.25) is 0 Å². The van der Waals surface area contributed by atoms with Crippen molar-refractivity contribution in [3.05, 3.63) is 83.6 Å². The van der Waals surface area contributed by atoms with E-state index in [1.165, 1.54) is 5.56 Å². The second-order valence-electron chi connectivity index (χ2n) is 6.42. The van der Waals surface area contributed by atoms with Crippen molar-refractivity contribution in [3.63, 3.8) is 0 Å². The van der Waals surface area contributed by atoms with E-state index in [4.69, 9.17) is 0 Å². The zero-order chi connectivity index (χ0) is 18.1. The number of imidazole rings is 1. The molecule has 0 spiro atoms. The highest BCUT2D eigenvalue weighted by molar-refractivity contribution is 5.99. The van der Waals surface area contributed by atoms with Gasteiger partial charge >= 0.3 is 0 Å². The Morgan fingerprint density at radius 1 is 1.19 bits per heavy atom. The zero-order valence-electron chi connectivity index (χ0n) is 14.8. The number of carbonyl (C=O) groups is 1. The van der Waals surface area contributed by atoms with E-state index in [9.17, 15) is 4.79 Å². The van der Waals surface area contributed by atoms with Crippen LogP contribution < -0.4 is 5.32 Å². The van der Waals surface area contributed by atoms with Gasteiger partial charge in [-0.3, -0.25) is 4.79 Å². The van der Waals surface area contributed by atoms with Gasteiger partial charge in [-0.05, 0) is 49.2 Å². The van der Waals surface area contributed by atoms with Crippen molar-refractivity contribution in [1.82, 2.24) is 19.9 Å². The number of hydrogen-bond donors (Lipinski definition) is 2. The molecular formula is C21H20N4O. The number of rotatable bonds is 4. The molecule has 26 heavy (non-hydrogen) atoms. The Balaban J connectivity index is 1.56. The van der Waals surface area contributed by atoms with Crippen molar-refractivity contribution in [2.24, 2.45) is 0 Å². The lowest BCUT2D eigenvalue weighted by Crippen LogP contribution is -2.23. The number of benzene rings is 2. The fourth-order valence-corrected chi connectivity index (χ4v) is 3.19. The second-order valence-corrected chi connectivity index (χ2v) is 6.42. The molecule has 0 fully saturated rings. The number of nitrogens with zero attached hydrogens (tertiary/aromatic N) is 2. The normalized spacial score (nSPS) is 11.0. The lowest BCUT2D eigenvalue weighted by atomic mass is 10.1. The fourth-order valence-electron chi connectivity index (χ4n) is 3.19. The maximum absolute atomic E-state index is 12.6. The molecule has 0 atom stereocenters. The van der Waals surface area contributed by atoms with E-state index in [0.717, 1.165) is 27.8 Å². The highest BCUT2D eigenvalue weighted by Crippen LogP contribution is 2.22. The van der Waals surface area contributed by atoms with Crippen LogP contribution in [0.25, 0.3) is 16.6 Å². The van der Waals surface area contributed by atoms with Gasteiger partial charge in [-0.25, -0.2) is 4.98 Å². The molecule has 130 valence electrons. The summed E-state index contributed by atoms with van der Waals surface area (Å²) in [5, 5.41) is 4.12. The number of aromatic amines is 1. The van der Waals surface area contributed by atoms with Crippen LogP contribution in [0.5, 0.6) is 0 Å². The second kappa shape index (κ2) is 6.52. The molecule has 2 N–H and O–H groups in total. The Kier molecular flexibility index (Phi) is 4.05. The first kappa shape index (κ1) is 16.1. The lowest BCUT2D eigenvalue weighted by Gasteiger charge is -2.11. The van der Waals surface area contributed by atoms with Gasteiger partial charge in [0, 0.05) is 41.1 Å². The minimum absolute atomic E-state index is 0.0782. The molecule has 2 aromatic carbocycles. The molecule has 1 amide bonds. The van der Waals surface area contributed by atoms with Crippen LogP contribution in [0.4, 0.5) is 0 Å². The Hall–Kier alpha value is -3.34. The molecule has 0 radical (unpaired) electrons. The van der Waals surface area contributed by atoms with Crippen LogP contribution in [0.1, 0.15) is 27.2 Å². The summed E-state index contributed by atoms with van der Waals surface area (Å²) < 4.78 is 1.94. The summed E-state index contributed by atoms with van der Waals surface area (Å²) in [4.78, 5) is 20.1. The van der Waals surface area contributed by atoms with E-state index in [1.54, 1.807) is 12.5 Å². The molecular weight excluding hydrogens is 324 g/mol. The summed E-state index contributed by atoms with van der Waals surface area (Å²) in [5.74, 6) is -0.0782. The predicted molar refractivity (Wildman–Crippen MR) is 103 cm³/mol. The van der Waals surface area contributed by atoms with Crippen LogP contribution in [-0.4, -0.2) is 20.4 Å². The molecule has 4 aromatic rings. The molecule has 2 heterocycles. The van der Waals surface area contributed by atoms with E-state index in [2.05, 4.69) is 22.2 Å². The Bertz CT molecular complexity index is 1080. The number of nitrogens with one attached hydrogen (secondary N) is 2. The third-order valence-corrected chi connectivity index (χ3v) is 4.78. The molecule has 4 rings (SSSR count). The van der Waals surface area contributed by atoms with E-state index < -0.39 is 0 Å². The monoisotopic (exact) mass is 344 g/mol. The van der Waals surface area contributed by atoms with Gasteiger partial charge in [-0.1, -0.05) is 18.2 Å². The number of hydrogen-bond acceptors (Lipinski definition) is 2. The summed E-state index contributed by atoms with van der Waals surface area (Å²) >= 11 is 0. The zero-order valence-corrected chi connectivity index (χ0v) is 14.8. The number of aryl methyl sites for hydroxylation is 2. The van der Waals surface area contributed by atoms with Crippen LogP contribution in [0, 0.1) is 13.8 Å². The van der Waals surface area contributed by atoms with Crippen LogP contribution >= 0.6 is 0 Å². The number of fused-ring (bicyclic) bond motifs is 1.